The molecule has 2 rings (SSSR count). The first kappa shape index (κ1) is 21.6. The van der Waals surface area contributed by atoms with E-state index in [0.717, 1.165) is 17.3 Å². The molecule has 0 radical (unpaired) electrons. The first-order valence-corrected chi connectivity index (χ1v) is 9.79. The van der Waals surface area contributed by atoms with Crippen molar-refractivity contribution < 1.29 is 19.2 Å². The minimum absolute atomic E-state index is 0.0927. The van der Waals surface area contributed by atoms with Gasteiger partial charge in [-0.15, -0.1) is 0 Å². The van der Waals surface area contributed by atoms with Crippen molar-refractivity contribution in [2.45, 2.75) is 17.6 Å². The number of esters is 1. The third kappa shape index (κ3) is 6.82. The van der Waals surface area contributed by atoms with Crippen LogP contribution in [0.3, 0.4) is 0 Å². The fourth-order valence-electron chi connectivity index (χ4n) is 2.60. The molecule has 1 aromatic carbocycles. The van der Waals surface area contributed by atoms with Crippen molar-refractivity contribution in [3.05, 3.63) is 58.0 Å². The van der Waals surface area contributed by atoms with E-state index in [1.807, 2.05) is 44.4 Å². The van der Waals surface area contributed by atoms with E-state index in [2.05, 4.69) is 20.0 Å². The second-order valence-electron chi connectivity index (χ2n) is 6.43. The van der Waals surface area contributed by atoms with Crippen molar-refractivity contribution in [3.63, 3.8) is 0 Å². The SMILES string of the molecule is COC(=O)Cc1cc(=O)[nH]c(SCC(=O)NC[C@H](c2ccccc2)[NH+](C)C)n1. The van der Waals surface area contributed by atoms with Gasteiger partial charge in [0.05, 0.1) is 45.6 Å². The number of ether oxygens (including phenoxy) is 1. The lowest BCUT2D eigenvalue weighted by atomic mass is 10.1. The highest BCUT2D eigenvalue weighted by Gasteiger charge is 2.18. The van der Waals surface area contributed by atoms with Gasteiger partial charge in [0.1, 0.15) is 6.04 Å². The molecule has 1 heterocycles. The largest absolute Gasteiger partial charge is 0.469 e. The van der Waals surface area contributed by atoms with E-state index in [1.165, 1.54) is 18.1 Å². The molecule has 1 atom stereocenters. The Morgan fingerprint density at radius 2 is 2.00 bits per heavy atom. The Labute approximate surface area is 167 Å². The summed E-state index contributed by atoms with van der Waals surface area (Å²) >= 11 is 1.11. The smallest absolute Gasteiger partial charge is 0.311 e. The summed E-state index contributed by atoms with van der Waals surface area (Å²) in [5, 5.41) is 3.22. The molecule has 0 aliphatic rings. The number of aromatic nitrogens is 2. The Balaban J connectivity index is 1.91. The maximum Gasteiger partial charge on any atom is 0.311 e. The van der Waals surface area contributed by atoms with Crippen molar-refractivity contribution in [2.75, 3.05) is 33.5 Å². The van der Waals surface area contributed by atoms with E-state index in [1.54, 1.807) is 0 Å². The van der Waals surface area contributed by atoms with Crippen LogP contribution in [0.5, 0.6) is 0 Å². The highest BCUT2D eigenvalue weighted by molar-refractivity contribution is 7.99. The standard InChI is InChI=1S/C19H24N4O4S/c1-23(2)15(13-7-5-4-6-8-13)11-20-17(25)12-28-19-21-14(9-16(24)22-19)10-18(26)27-3/h4-9,15H,10-12H2,1-3H3,(H,20,25)(H,21,22,24)/p+1/t15-/m1/s1. The van der Waals surface area contributed by atoms with E-state index in [9.17, 15) is 14.4 Å². The lowest BCUT2D eigenvalue weighted by Crippen LogP contribution is -3.07. The zero-order valence-corrected chi connectivity index (χ0v) is 17.0. The summed E-state index contributed by atoms with van der Waals surface area (Å²) in [4.78, 5) is 43.2. The number of aromatic amines is 1. The Kier molecular flexibility index (Phi) is 8.21. The van der Waals surface area contributed by atoms with Crippen LogP contribution in [0.15, 0.2) is 46.3 Å². The second kappa shape index (κ2) is 10.6. The number of H-pyrrole nitrogens is 1. The average Bonchev–Trinajstić information content (AvgIpc) is 2.66. The molecule has 0 aliphatic carbocycles. The number of nitrogens with one attached hydrogen (secondary N) is 3. The summed E-state index contributed by atoms with van der Waals surface area (Å²) in [6.45, 7) is 0.498. The Morgan fingerprint density at radius 3 is 2.64 bits per heavy atom. The van der Waals surface area contributed by atoms with Crippen molar-refractivity contribution in [1.82, 2.24) is 15.3 Å². The fourth-order valence-corrected chi connectivity index (χ4v) is 3.33. The zero-order chi connectivity index (χ0) is 20.5. The average molecular weight is 406 g/mol. The third-order valence-electron chi connectivity index (χ3n) is 4.07. The number of methoxy groups -OCH3 is 1. The number of quaternary nitrogens is 1. The molecule has 0 unspecified atom stereocenters. The summed E-state index contributed by atoms with van der Waals surface area (Å²) in [6.07, 6.45) is -0.0927. The van der Waals surface area contributed by atoms with Crippen molar-refractivity contribution >= 4 is 23.6 Å². The van der Waals surface area contributed by atoms with Crippen LogP contribution in [0.4, 0.5) is 0 Å². The molecule has 0 saturated heterocycles. The van der Waals surface area contributed by atoms with Gasteiger partial charge in [0.2, 0.25) is 5.91 Å². The zero-order valence-electron chi connectivity index (χ0n) is 16.2. The minimum atomic E-state index is -0.482. The maximum absolute atomic E-state index is 12.2. The number of carbonyl (C=O) groups is 2. The van der Waals surface area contributed by atoms with Gasteiger partial charge in [0.15, 0.2) is 5.16 Å². The summed E-state index contributed by atoms with van der Waals surface area (Å²) in [7, 11) is 5.35. The van der Waals surface area contributed by atoms with Gasteiger partial charge < -0.3 is 19.9 Å². The van der Waals surface area contributed by atoms with Crippen LogP contribution in [0.1, 0.15) is 17.3 Å². The van der Waals surface area contributed by atoms with E-state index >= 15 is 0 Å². The maximum atomic E-state index is 12.2. The molecule has 8 nitrogen and oxygen atoms in total. The van der Waals surface area contributed by atoms with Gasteiger partial charge in [0, 0.05) is 11.6 Å². The molecule has 9 heteroatoms. The molecule has 1 amide bonds. The van der Waals surface area contributed by atoms with Crippen molar-refractivity contribution in [3.8, 4) is 0 Å². The van der Waals surface area contributed by atoms with E-state index in [4.69, 9.17) is 0 Å². The summed E-state index contributed by atoms with van der Waals surface area (Å²) in [5.41, 5.74) is 1.08. The highest BCUT2D eigenvalue weighted by atomic mass is 32.2. The van der Waals surface area contributed by atoms with Crippen LogP contribution < -0.4 is 15.8 Å². The Bertz CT molecular complexity index is 855. The van der Waals surface area contributed by atoms with Crippen LogP contribution in [0.2, 0.25) is 0 Å². The van der Waals surface area contributed by atoms with E-state index in [-0.39, 0.29) is 29.7 Å². The normalized spacial score (nSPS) is 11.9. The Morgan fingerprint density at radius 1 is 1.29 bits per heavy atom. The molecule has 3 N–H and O–H groups in total. The molecule has 2 aromatic rings. The first-order valence-electron chi connectivity index (χ1n) is 8.80. The summed E-state index contributed by atoms with van der Waals surface area (Å²) < 4.78 is 4.58. The van der Waals surface area contributed by atoms with Crippen LogP contribution in [0, 0.1) is 0 Å². The van der Waals surface area contributed by atoms with Crippen molar-refractivity contribution in [2.24, 2.45) is 0 Å². The van der Waals surface area contributed by atoms with Gasteiger partial charge in [-0.2, -0.15) is 0 Å². The number of amides is 1. The van der Waals surface area contributed by atoms with Gasteiger partial charge in [-0.1, -0.05) is 42.1 Å². The number of likely N-dealkylation sites (N-methyl/N-ethyl adjacent to an activating group) is 1. The first-order chi connectivity index (χ1) is 13.4. The Hall–Kier alpha value is -2.65. The van der Waals surface area contributed by atoms with Gasteiger partial charge in [-0.25, -0.2) is 4.98 Å². The van der Waals surface area contributed by atoms with Gasteiger partial charge >= 0.3 is 5.97 Å². The summed E-state index contributed by atoms with van der Waals surface area (Å²) in [5.74, 6) is -0.535. The molecule has 28 heavy (non-hydrogen) atoms. The number of hydrogen-bond donors (Lipinski definition) is 3. The van der Waals surface area contributed by atoms with E-state index in [0.29, 0.717) is 17.4 Å². The molecule has 1 aromatic heterocycles. The molecule has 150 valence electrons. The fraction of sp³-hybridized carbons (Fsp3) is 0.368. The van der Waals surface area contributed by atoms with Crippen LogP contribution in [-0.2, 0) is 20.7 Å². The minimum Gasteiger partial charge on any atom is -0.469 e. The number of thioether (sulfide) groups is 1. The van der Waals surface area contributed by atoms with Gasteiger partial charge in [-0.3, -0.25) is 14.4 Å². The molecular formula is C19H25N4O4S+. The quantitative estimate of drug-likeness (QED) is 0.297. The van der Waals surface area contributed by atoms with Gasteiger partial charge in [0.25, 0.3) is 5.56 Å². The monoisotopic (exact) mass is 405 g/mol. The summed E-state index contributed by atoms with van der Waals surface area (Å²) in [6, 6.07) is 11.4. The number of hydrogen-bond acceptors (Lipinski definition) is 6. The third-order valence-corrected chi connectivity index (χ3v) is 4.94. The molecule has 0 bridgehead atoms. The predicted octanol–water partition coefficient (Wildman–Crippen LogP) is -0.420. The predicted molar refractivity (Wildman–Crippen MR) is 106 cm³/mol. The van der Waals surface area contributed by atoms with E-state index < -0.39 is 5.97 Å². The molecular weight excluding hydrogens is 380 g/mol. The lowest BCUT2D eigenvalue weighted by Gasteiger charge is -2.22. The van der Waals surface area contributed by atoms with Crippen LogP contribution >= 0.6 is 11.8 Å². The number of benzene rings is 1. The molecule has 0 spiro atoms. The van der Waals surface area contributed by atoms with Crippen molar-refractivity contribution in [1.29, 1.82) is 0 Å². The molecule has 0 aliphatic heterocycles. The van der Waals surface area contributed by atoms with Gasteiger partial charge in [-0.05, 0) is 0 Å². The number of carbonyl (C=O) groups excluding carboxylic acids is 2. The topological polar surface area (TPSA) is 106 Å². The van der Waals surface area contributed by atoms with Crippen LogP contribution in [-0.4, -0.2) is 55.3 Å². The lowest BCUT2D eigenvalue weighted by molar-refractivity contribution is -0.890. The highest BCUT2D eigenvalue weighted by Crippen LogP contribution is 2.12. The number of nitrogens with zero attached hydrogens (tertiary/aromatic N) is 1. The van der Waals surface area contributed by atoms with Crippen LogP contribution in [0.25, 0.3) is 0 Å². The molecule has 0 saturated carbocycles. The number of rotatable bonds is 9. The molecule has 0 fully saturated rings. The second-order valence-corrected chi connectivity index (χ2v) is 7.39.